The van der Waals surface area contributed by atoms with Crippen LogP contribution in [0, 0.1) is 6.92 Å². The number of fused-ring (bicyclic) bond motifs is 1. The van der Waals surface area contributed by atoms with Gasteiger partial charge in [0.05, 0.1) is 6.61 Å². The molecular weight excluding hydrogens is 318 g/mol. The Morgan fingerprint density at radius 1 is 1.40 bits per heavy atom. The highest BCUT2D eigenvalue weighted by atomic mass is 79.9. The molecule has 102 valence electrons. The number of hydrogen-bond donors (Lipinski definition) is 0. The Morgan fingerprint density at radius 2 is 2.25 bits per heavy atom. The van der Waals surface area contributed by atoms with E-state index in [2.05, 4.69) is 27.0 Å². The summed E-state index contributed by atoms with van der Waals surface area (Å²) in [6, 6.07) is 7.61. The second-order valence-corrected chi connectivity index (χ2v) is 5.85. The summed E-state index contributed by atoms with van der Waals surface area (Å²) >= 11 is 3.50. The molecule has 0 radical (unpaired) electrons. The fraction of sp³-hybridized carbons (Fsp3) is 0.250. The highest BCUT2D eigenvalue weighted by Crippen LogP contribution is 2.33. The molecule has 0 N–H and O–H groups in total. The van der Waals surface area contributed by atoms with E-state index in [0.717, 1.165) is 27.9 Å². The molecule has 0 spiro atoms. The van der Waals surface area contributed by atoms with E-state index in [-0.39, 0.29) is 5.78 Å². The van der Waals surface area contributed by atoms with E-state index in [1.54, 1.807) is 12.3 Å². The number of pyridine rings is 1. The number of benzene rings is 1. The van der Waals surface area contributed by atoms with Gasteiger partial charge in [0.15, 0.2) is 5.78 Å². The Bertz CT molecular complexity index is 682. The van der Waals surface area contributed by atoms with Gasteiger partial charge in [0.25, 0.3) is 0 Å². The van der Waals surface area contributed by atoms with Gasteiger partial charge in [-0.25, -0.2) is 0 Å². The zero-order valence-corrected chi connectivity index (χ0v) is 12.7. The third-order valence-corrected chi connectivity index (χ3v) is 3.85. The number of Topliss-reactive ketones (excluding diaryl/α,β-unsaturated/α-hetero) is 1. The number of halogens is 1. The molecule has 0 amide bonds. The first-order valence-corrected chi connectivity index (χ1v) is 7.33. The second-order valence-electron chi connectivity index (χ2n) is 4.94. The van der Waals surface area contributed by atoms with E-state index < -0.39 is 0 Å². The third kappa shape index (κ3) is 2.61. The van der Waals surface area contributed by atoms with Crippen LogP contribution in [-0.4, -0.2) is 17.4 Å². The largest absolute Gasteiger partial charge is 0.493 e. The summed E-state index contributed by atoms with van der Waals surface area (Å²) in [4.78, 5) is 16.5. The van der Waals surface area contributed by atoms with Crippen molar-refractivity contribution in [3.05, 3.63) is 57.3 Å². The third-order valence-electron chi connectivity index (χ3n) is 3.39. The minimum Gasteiger partial charge on any atom is -0.493 e. The first-order valence-electron chi connectivity index (χ1n) is 6.53. The number of carbonyl (C=O) groups is 1. The maximum absolute atomic E-state index is 12.4. The van der Waals surface area contributed by atoms with Gasteiger partial charge in [-0.2, -0.15) is 0 Å². The molecule has 2 aromatic rings. The van der Waals surface area contributed by atoms with Crippen molar-refractivity contribution in [2.45, 2.75) is 19.8 Å². The minimum absolute atomic E-state index is 0.0892. The van der Waals surface area contributed by atoms with Gasteiger partial charge < -0.3 is 4.74 Å². The smallest absolute Gasteiger partial charge is 0.167 e. The van der Waals surface area contributed by atoms with Crippen LogP contribution in [0.15, 0.2) is 34.9 Å². The number of ketones is 1. The van der Waals surface area contributed by atoms with Crippen molar-refractivity contribution >= 4 is 21.7 Å². The molecular formula is C16H14BrNO2. The Balaban J connectivity index is 1.90. The number of rotatable bonds is 3. The fourth-order valence-corrected chi connectivity index (χ4v) is 3.02. The maximum Gasteiger partial charge on any atom is 0.167 e. The number of nitrogens with zero attached hydrogens (tertiary/aromatic N) is 1. The minimum atomic E-state index is 0.0892. The molecule has 0 bridgehead atoms. The van der Waals surface area contributed by atoms with Crippen LogP contribution >= 0.6 is 15.9 Å². The van der Waals surface area contributed by atoms with Crippen molar-refractivity contribution in [1.82, 2.24) is 4.98 Å². The highest BCUT2D eigenvalue weighted by Gasteiger charge is 2.19. The maximum atomic E-state index is 12.4. The SMILES string of the molecule is Cc1cc(C(=O)Cc2cc(Br)cc3c2OCC3)ccn1. The summed E-state index contributed by atoms with van der Waals surface area (Å²) < 4.78 is 6.66. The van der Waals surface area contributed by atoms with Crippen LogP contribution in [0.4, 0.5) is 0 Å². The predicted molar refractivity (Wildman–Crippen MR) is 80.3 cm³/mol. The molecule has 0 saturated heterocycles. The lowest BCUT2D eigenvalue weighted by atomic mass is 10.0. The van der Waals surface area contributed by atoms with E-state index >= 15 is 0 Å². The first kappa shape index (κ1) is 13.3. The van der Waals surface area contributed by atoms with Crippen LogP contribution in [0.2, 0.25) is 0 Å². The van der Waals surface area contributed by atoms with Crippen molar-refractivity contribution in [2.75, 3.05) is 6.61 Å². The fourth-order valence-electron chi connectivity index (χ4n) is 2.47. The van der Waals surface area contributed by atoms with Crippen LogP contribution in [-0.2, 0) is 12.8 Å². The molecule has 0 saturated carbocycles. The van der Waals surface area contributed by atoms with Gasteiger partial charge >= 0.3 is 0 Å². The van der Waals surface area contributed by atoms with Crippen molar-refractivity contribution in [1.29, 1.82) is 0 Å². The zero-order valence-electron chi connectivity index (χ0n) is 11.1. The summed E-state index contributed by atoms with van der Waals surface area (Å²) in [7, 11) is 0. The Labute approximate surface area is 126 Å². The van der Waals surface area contributed by atoms with E-state index in [1.807, 2.05) is 19.1 Å². The molecule has 4 heteroatoms. The van der Waals surface area contributed by atoms with Crippen LogP contribution in [0.1, 0.15) is 27.2 Å². The topological polar surface area (TPSA) is 39.2 Å². The lowest BCUT2D eigenvalue weighted by Gasteiger charge is -2.09. The Hall–Kier alpha value is -1.68. The van der Waals surface area contributed by atoms with Gasteiger partial charge in [-0.15, -0.1) is 0 Å². The Morgan fingerprint density at radius 3 is 3.05 bits per heavy atom. The van der Waals surface area contributed by atoms with Crippen molar-refractivity contribution in [3.63, 3.8) is 0 Å². The zero-order chi connectivity index (χ0) is 14.1. The summed E-state index contributed by atoms with van der Waals surface area (Å²) in [5, 5.41) is 0. The number of aromatic nitrogens is 1. The average molecular weight is 332 g/mol. The van der Waals surface area contributed by atoms with Gasteiger partial charge in [0, 0.05) is 40.3 Å². The quantitative estimate of drug-likeness (QED) is 0.808. The molecule has 1 aliphatic rings. The van der Waals surface area contributed by atoms with Crippen LogP contribution in [0.3, 0.4) is 0 Å². The van der Waals surface area contributed by atoms with Gasteiger partial charge in [-0.1, -0.05) is 15.9 Å². The number of hydrogen-bond acceptors (Lipinski definition) is 3. The molecule has 1 aromatic carbocycles. The molecule has 1 aliphatic heterocycles. The summed E-state index contributed by atoms with van der Waals surface area (Å²) in [6.07, 6.45) is 2.93. The van der Waals surface area contributed by atoms with Crippen molar-refractivity contribution in [2.24, 2.45) is 0 Å². The lowest BCUT2D eigenvalue weighted by molar-refractivity contribution is 0.0992. The molecule has 20 heavy (non-hydrogen) atoms. The van der Waals surface area contributed by atoms with Crippen LogP contribution in [0.5, 0.6) is 5.75 Å². The van der Waals surface area contributed by atoms with Crippen molar-refractivity contribution < 1.29 is 9.53 Å². The van der Waals surface area contributed by atoms with Crippen molar-refractivity contribution in [3.8, 4) is 5.75 Å². The van der Waals surface area contributed by atoms with Gasteiger partial charge in [-0.3, -0.25) is 9.78 Å². The lowest BCUT2D eigenvalue weighted by Crippen LogP contribution is -2.05. The molecule has 0 fully saturated rings. The molecule has 0 atom stereocenters. The molecule has 3 rings (SSSR count). The number of carbonyl (C=O) groups excluding carboxylic acids is 1. The second kappa shape index (κ2) is 5.37. The standard InChI is InChI=1S/C16H14BrNO2/c1-10-6-11(2-4-18-10)15(19)9-13-8-14(17)7-12-3-5-20-16(12)13/h2,4,6-8H,3,5,9H2,1H3. The summed E-state index contributed by atoms with van der Waals surface area (Å²) in [6.45, 7) is 2.58. The van der Waals surface area contributed by atoms with Crippen LogP contribution < -0.4 is 4.74 Å². The Kier molecular flexibility index (Phi) is 3.57. The average Bonchev–Trinajstić information content (AvgIpc) is 2.86. The van der Waals surface area contributed by atoms with Gasteiger partial charge in [0.1, 0.15) is 5.75 Å². The highest BCUT2D eigenvalue weighted by molar-refractivity contribution is 9.10. The van der Waals surface area contributed by atoms with E-state index in [0.29, 0.717) is 18.6 Å². The number of ether oxygens (including phenoxy) is 1. The molecule has 0 unspecified atom stereocenters. The van der Waals surface area contributed by atoms with E-state index in [4.69, 9.17) is 4.74 Å². The van der Waals surface area contributed by atoms with Gasteiger partial charge in [0.2, 0.25) is 0 Å². The van der Waals surface area contributed by atoms with Gasteiger partial charge in [-0.05, 0) is 36.8 Å². The molecule has 1 aromatic heterocycles. The first-order chi connectivity index (χ1) is 9.63. The van der Waals surface area contributed by atoms with E-state index in [1.165, 1.54) is 5.56 Å². The summed E-state index contributed by atoms with van der Waals surface area (Å²) in [5.41, 5.74) is 3.68. The summed E-state index contributed by atoms with van der Waals surface area (Å²) in [5.74, 6) is 0.971. The normalized spacial score (nSPS) is 12.9. The molecule has 2 heterocycles. The predicted octanol–water partition coefficient (Wildman–Crippen LogP) is 3.51. The number of aryl methyl sites for hydroxylation is 1. The van der Waals surface area contributed by atoms with Crippen LogP contribution in [0.25, 0.3) is 0 Å². The molecule has 0 aliphatic carbocycles. The molecule has 3 nitrogen and oxygen atoms in total. The monoisotopic (exact) mass is 331 g/mol. The van der Waals surface area contributed by atoms with E-state index in [9.17, 15) is 4.79 Å².